The van der Waals surface area contributed by atoms with E-state index in [0.717, 1.165) is 16.3 Å². The molecule has 0 atom stereocenters. The minimum absolute atomic E-state index is 0.356. The molecule has 5 rings (SSSR count). The van der Waals surface area contributed by atoms with E-state index in [1.165, 1.54) is 24.5 Å². The molecule has 10 heteroatoms. The van der Waals surface area contributed by atoms with Crippen LogP contribution < -0.4 is 11.1 Å². The second-order valence-electron chi connectivity index (χ2n) is 7.68. The summed E-state index contributed by atoms with van der Waals surface area (Å²) in [6.07, 6.45) is 1.61. The number of halogens is 4. The van der Waals surface area contributed by atoms with Crippen molar-refractivity contribution in [2.75, 3.05) is 17.6 Å². The molecule has 0 spiro atoms. The van der Waals surface area contributed by atoms with Crippen LogP contribution in [-0.4, -0.2) is 26.3 Å². The van der Waals surface area contributed by atoms with Gasteiger partial charge in [-0.3, -0.25) is 9.97 Å². The van der Waals surface area contributed by atoms with Crippen molar-refractivity contribution in [2.24, 2.45) is 0 Å². The number of rotatable bonds is 4. The molecule has 1 aliphatic rings. The zero-order valence-corrected chi connectivity index (χ0v) is 17.4. The Balaban J connectivity index is 1.82. The van der Waals surface area contributed by atoms with Crippen LogP contribution in [0.25, 0.3) is 27.9 Å². The van der Waals surface area contributed by atoms with Crippen LogP contribution in [0.3, 0.4) is 0 Å². The van der Waals surface area contributed by atoms with E-state index in [9.17, 15) is 17.6 Å². The maximum Gasteiger partial charge on any atom is 0.435 e. The lowest BCUT2D eigenvalue weighted by Crippen LogP contribution is -2.09. The zero-order valence-electron chi connectivity index (χ0n) is 17.4. The number of nitrogens with two attached hydrogens (primary N) is 1. The molecule has 0 unspecified atom stereocenters. The van der Waals surface area contributed by atoms with Crippen molar-refractivity contribution in [3.63, 3.8) is 0 Å². The highest BCUT2D eigenvalue weighted by atomic mass is 19.4. The van der Waals surface area contributed by atoms with Crippen LogP contribution in [0.4, 0.5) is 28.9 Å². The van der Waals surface area contributed by atoms with Crippen molar-refractivity contribution < 1.29 is 17.6 Å². The van der Waals surface area contributed by atoms with Gasteiger partial charge in [-0.15, -0.1) is 0 Å². The summed E-state index contributed by atoms with van der Waals surface area (Å²) in [5.41, 5.74) is 9.80. The average Bonchev–Trinajstić information content (AvgIpc) is 3.39. The number of nitrogens with one attached hydrogen (secondary N) is 1. The van der Waals surface area contributed by atoms with Gasteiger partial charge in [-0.05, 0) is 42.3 Å². The van der Waals surface area contributed by atoms with E-state index in [2.05, 4.69) is 20.4 Å². The van der Waals surface area contributed by atoms with Gasteiger partial charge in [0.25, 0.3) is 0 Å². The summed E-state index contributed by atoms with van der Waals surface area (Å²) in [5.74, 6) is -0.462. The molecule has 6 nitrogen and oxygen atoms in total. The Kier molecular flexibility index (Phi) is 4.80. The van der Waals surface area contributed by atoms with Crippen molar-refractivity contribution in [3.8, 4) is 27.9 Å². The molecule has 0 aliphatic heterocycles. The molecular formula is C23H18F4N6. The highest BCUT2D eigenvalue weighted by Crippen LogP contribution is 2.46. The highest BCUT2D eigenvalue weighted by molar-refractivity contribution is 5.92. The maximum absolute atomic E-state index is 14.6. The summed E-state index contributed by atoms with van der Waals surface area (Å²) in [6, 6.07) is 5.34. The minimum Gasteiger partial charge on any atom is -0.397 e. The molecule has 3 heterocycles. The summed E-state index contributed by atoms with van der Waals surface area (Å²) in [5, 5.41) is 6.95. The number of benzene rings is 1. The third-order valence-electron chi connectivity index (χ3n) is 5.50. The van der Waals surface area contributed by atoms with Gasteiger partial charge in [0.05, 0.1) is 17.1 Å². The third-order valence-corrected chi connectivity index (χ3v) is 5.50. The van der Waals surface area contributed by atoms with Crippen molar-refractivity contribution in [1.82, 2.24) is 19.7 Å². The number of fused-ring (bicyclic) bond motifs is 3. The topological polar surface area (TPSA) is 81.6 Å². The van der Waals surface area contributed by atoms with Crippen LogP contribution in [-0.2, 0) is 12.6 Å². The van der Waals surface area contributed by atoms with E-state index >= 15 is 0 Å². The summed E-state index contributed by atoms with van der Waals surface area (Å²) in [6.45, 7) is 2.48. The minimum atomic E-state index is -4.61. The fourth-order valence-corrected chi connectivity index (χ4v) is 4.18. The number of anilines is 2. The molecule has 1 aliphatic carbocycles. The van der Waals surface area contributed by atoms with Gasteiger partial charge in [0.2, 0.25) is 0 Å². The highest BCUT2D eigenvalue weighted by Gasteiger charge is 2.35. The lowest BCUT2D eigenvalue weighted by Gasteiger charge is -2.16. The van der Waals surface area contributed by atoms with Crippen LogP contribution in [0.2, 0.25) is 0 Å². The first-order valence-corrected chi connectivity index (χ1v) is 10.2. The smallest absolute Gasteiger partial charge is 0.397 e. The Morgan fingerprint density at radius 2 is 1.94 bits per heavy atom. The molecule has 0 bridgehead atoms. The Bertz CT molecular complexity index is 1380. The van der Waals surface area contributed by atoms with Crippen LogP contribution in [0, 0.1) is 5.82 Å². The van der Waals surface area contributed by atoms with Crippen molar-refractivity contribution in [2.45, 2.75) is 19.5 Å². The molecule has 168 valence electrons. The second-order valence-corrected chi connectivity index (χ2v) is 7.68. The number of hydrogen-bond donors (Lipinski definition) is 2. The van der Waals surface area contributed by atoms with Crippen LogP contribution in [0.5, 0.6) is 0 Å². The number of aromatic nitrogens is 4. The average molecular weight is 454 g/mol. The molecule has 0 saturated carbocycles. The Labute approximate surface area is 186 Å². The Hall–Kier alpha value is -3.95. The molecule has 0 amide bonds. The predicted molar refractivity (Wildman–Crippen MR) is 116 cm³/mol. The monoisotopic (exact) mass is 454 g/mol. The molecule has 1 aromatic carbocycles. The third kappa shape index (κ3) is 3.57. The number of pyridine rings is 2. The van der Waals surface area contributed by atoms with E-state index in [4.69, 9.17) is 5.73 Å². The second kappa shape index (κ2) is 7.58. The van der Waals surface area contributed by atoms with E-state index in [0.29, 0.717) is 58.0 Å². The molecule has 4 aromatic rings. The quantitative estimate of drug-likeness (QED) is 0.371. The fraction of sp³-hybridized carbons (Fsp3) is 0.174. The van der Waals surface area contributed by atoms with Gasteiger partial charge in [-0.1, -0.05) is 0 Å². The number of nitrogen functional groups attached to an aromatic ring is 1. The zero-order chi connectivity index (χ0) is 23.3. The van der Waals surface area contributed by atoms with Gasteiger partial charge in [0.15, 0.2) is 5.69 Å². The van der Waals surface area contributed by atoms with E-state index in [1.54, 1.807) is 18.5 Å². The lowest BCUT2D eigenvalue weighted by molar-refractivity contribution is -0.141. The standard InChI is InChI=1S/C23H18F4N6/c1-2-30-18-7-13(24)6-16-15(18)8-19-21(16)22(33-4-3-20(32-33)23(25,26)27)17(11-31-19)12-5-14(28)10-29-9-12/h3-7,9-11,30H,2,8,28H2,1H3. The van der Waals surface area contributed by atoms with Crippen LogP contribution in [0.15, 0.2) is 49.1 Å². The molecule has 3 N–H and O–H groups in total. The first kappa shape index (κ1) is 20.9. The first-order valence-electron chi connectivity index (χ1n) is 10.2. The molecule has 0 fully saturated rings. The van der Waals surface area contributed by atoms with Crippen molar-refractivity contribution >= 4 is 11.4 Å². The van der Waals surface area contributed by atoms with Gasteiger partial charge in [0, 0.05) is 60.1 Å². The van der Waals surface area contributed by atoms with E-state index in [1.807, 2.05) is 6.92 Å². The maximum atomic E-state index is 14.6. The Morgan fingerprint density at radius 3 is 2.64 bits per heavy atom. The molecular weight excluding hydrogens is 436 g/mol. The molecule has 0 saturated heterocycles. The lowest BCUT2D eigenvalue weighted by atomic mass is 9.99. The van der Waals surface area contributed by atoms with Gasteiger partial charge < -0.3 is 11.1 Å². The van der Waals surface area contributed by atoms with Crippen LogP contribution in [0.1, 0.15) is 23.9 Å². The summed E-state index contributed by atoms with van der Waals surface area (Å²) < 4.78 is 55.7. The van der Waals surface area contributed by atoms with Gasteiger partial charge in [-0.2, -0.15) is 18.3 Å². The summed E-state index contributed by atoms with van der Waals surface area (Å²) in [4.78, 5) is 8.67. The summed E-state index contributed by atoms with van der Waals surface area (Å²) >= 11 is 0. The van der Waals surface area contributed by atoms with Crippen LogP contribution >= 0.6 is 0 Å². The largest absolute Gasteiger partial charge is 0.435 e. The normalized spacial score (nSPS) is 12.5. The first-order chi connectivity index (χ1) is 15.8. The molecule has 0 radical (unpaired) electrons. The number of hydrogen-bond acceptors (Lipinski definition) is 5. The summed E-state index contributed by atoms with van der Waals surface area (Å²) in [7, 11) is 0. The molecule has 3 aromatic heterocycles. The van der Waals surface area contributed by atoms with Gasteiger partial charge in [-0.25, -0.2) is 9.07 Å². The Morgan fingerprint density at radius 1 is 1.12 bits per heavy atom. The van der Waals surface area contributed by atoms with Crippen molar-refractivity contribution in [3.05, 3.63) is 71.8 Å². The number of alkyl halides is 3. The fourth-order valence-electron chi connectivity index (χ4n) is 4.18. The SMILES string of the molecule is CCNc1cc(F)cc2c1Cc1ncc(-c3cncc(N)c3)c(-n3ccc(C(F)(F)F)n3)c1-2. The predicted octanol–water partition coefficient (Wildman–Crippen LogP) is 5.07. The molecule has 33 heavy (non-hydrogen) atoms. The number of nitrogens with zero attached hydrogens (tertiary/aromatic N) is 4. The van der Waals surface area contributed by atoms with Gasteiger partial charge >= 0.3 is 6.18 Å². The van der Waals surface area contributed by atoms with Gasteiger partial charge in [0.1, 0.15) is 5.82 Å². The van der Waals surface area contributed by atoms with E-state index in [-0.39, 0.29) is 0 Å². The van der Waals surface area contributed by atoms with E-state index < -0.39 is 17.7 Å². The van der Waals surface area contributed by atoms with Crippen molar-refractivity contribution in [1.29, 1.82) is 0 Å².